The third-order valence-electron chi connectivity index (χ3n) is 6.47. The van der Waals surface area contributed by atoms with E-state index in [1.54, 1.807) is 5.06 Å². The highest BCUT2D eigenvalue weighted by molar-refractivity contribution is 6.31. The predicted octanol–water partition coefficient (Wildman–Crippen LogP) is 4.85. The van der Waals surface area contributed by atoms with Crippen LogP contribution in [0.4, 0.5) is 17.1 Å². The maximum Gasteiger partial charge on any atom is 0.269 e. The number of benzene rings is 3. The van der Waals surface area contributed by atoms with Crippen molar-refractivity contribution >= 4 is 51.4 Å². The molecule has 2 amide bonds. The third-order valence-corrected chi connectivity index (χ3v) is 6.77. The number of halogens is 1. The van der Waals surface area contributed by atoms with Gasteiger partial charge >= 0.3 is 0 Å². The van der Waals surface area contributed by atoms with Gasteiger partial charge in [0.15, 0.2) is 6.10 Å². The Morgan fingerprint density at radius 1 is 0.889 bits per heavy atom. The number of pyridine rings is 1. The van der Waals surface area contributed by atoms with Crippen molar-refractivity contribution in [2.24, 2.45) is 5.92 Å². The van der Waals surface area contributed by atoms with Gasteiger partial charge in [-0.25, -0.2) is 14.9 Å². The zero-order chi connectivity index (χ0) is 25.0. The van der Waals surface area contributed by atoms with Crippen molar-refractivity contribution in [3.8, 4) is 0 Å². The highest BCUT2D eigenvalue weighted by atomic mass is 35.5. The number of aromatic nitrogens is 1. The van der Waals surface area contributed by atoms with E-state index in [1.807, 2.05) is 60.7 Å². The van der Waals surface area contributed by atoms with Gasteiger partial charge in [0.1, 0.15) is 11.1 Å². The SMILES string of the molecule is O=C1[C@@H]2[C@@H](ON(c3ccccc3)[C@H]2c2cc3ccccc3nc2Cl)C(=O)N1c1ccc([N+](=O)[O-])cc1. The quantitative estimate of drug-likeness (QED) is 0.171. The highest BCUT2D eigenvalue weighted by Gasteiger charge is 2.60. The monoisotopic (exact) mass is 500 g/mol. The first-order valence-electron chi connectivity index (χ1n) is 11.1. The number of hydroxylamine groups is 1. The second kappa shape index (κ2) is 8.40. The standard InChI is InChI=1S/C26H17ClN4O5/c27-24-19(14-15-6-4-5-9-20(15)28-24)22-21-23(36-30(22)17-7-2-1-3-8-17)26(33)29(25(21)32)16-10-12-18(13-11-16)31(34)35/h1-14,21-23H/t21-,22-,23+/m0/s1. The van der Waals surface area contributed by atoms with E-state index in [0.29, 0.717) is 16.8 Å². The summed E-state index contributed by atoms with van der Waals surface area (Å²) < 4.78 is 0. The van der Waals surface area contributed by atoms with E-state index in [0.717, 1.165) is 10.3 Å². The Morgan fingerprint density at radius 2 is 1.58 bits per heavy atom. The van der Waals surface area contributed by atoms with Gasteiger partial charge in [-0.15, -0.1) is 0 Å². The average molecular weight is 501 g/mol. The number of para-hydroxylation sites is 2. The first kappa shape index (κ1) is 22.1. The van der Waals surface area contributed by atoms with Crippen molar-refractivity contribution in [1.29, 1.82) is 0 Å². The van der Waals surface area contributed by atoms with Crippen LogP contribution in [0.2, 0.25) is 5.15 Å². The van der Waals surface area contributed by atoms with Crippen LogP contribution in [-0.2, 0) is 14.4 Å². The fraction of sp³-hybridized carbons (Fsp3) is 0.115. The number of amides is 2. The van der Waals surface area contributed by atoms with Crippen LogP contribution in [-0.4, -0.2) is 27.8 Å². The van der Waals surface area contributed by atoms with E-state index in [2.05, 4.69) is 4.98 Å². The van der Waals surface area contributed by atoms with Gasteiger partial charge in [0.05, 0.1) is 27.9 Å². The van der Waals surface area contributed by atoms with Crippen LogP contribution in [0.1, 0.15) is 11.6 Å². The second-order valence-electron chi connectivity index (χ2n) is 8.50. The van der Waals surface area contributed by atoms with E-state index in [9.17, 15) is 19.7 Å². The van der Waals surface area contributed by atoms with Crippen LogP contribution in [0.25, 0.3) is 10.9 Å². The number of rotatable bonds is 4. The second-order valence-corrected chi connectivity index (χ2v) is 8.86. The Hall–Kier alpha value is -4.34. The van der Waals surface area contributed by atoms with Crippen molar-refractivity contribution in [2.45, 2.75) is 12.1 Å². The van der Waals surface area contributed by atoms with Gasteiger partial charge in [-0.2, -0.15) is 0 Å². The molecule has 3 atom stereocenters. The van der Waals surface area contributed by atoms with E-state index in [-0.39, 0.29) is 16.5 Å². The number of fused-ring (bicyclic) bond motifs is 2. The molecule has 2 fully saturated rings. The van der Waals surface area contributed by atoms with Gasteiger partial charge in [-0.3, -0.25) is 24.5 Å². The van der Waals surface area contributed by atoms with Gasteiger partial charge in [0, 0.05) is 23.1 Å². The first-order chi connectivity index (χ1) is 17.4. The van der Waals surface area contributed by atoms with Crippen molar-refractivity contribution < 1.29 is 19.3 Å². The fourth-order valence-corrected chi connectivity index (χ4v) is 5.08. The van der Waals surface area contributed by atoms with Crippen LogP contribution in [0.3, 0.4) is 0 Å². The van der Waals surface area contributed by atoms with E-state index < -0.39 is 34.8 Å². The molecular formula is C26H17ClN4O5. The topological polar surface area (TPSA) is 106 Å². The predicted molar refractivity (Wildman–Crippen MR) is 132 cm³/mol. The summed E-state index contributed by atoms with van der Waals surface area (Å²) in [4.78, 5) is 49.4. The maximum atomic E-state index is 13.8. The molecule has 0 radical (unpaired) electrons. The maximum absolute atomic E-state index is 13.8. The molecule has 2 aliphatic rings. The Morgan fingerprint density at radius 3 is 2.31 bits per heavy atom. The van der Waals surface area contributed by atoms with Gasteiger partial charge in [0.2, 0.25) is 5.91 Å². The molecule has 3 heterocycles. The molecule has 0 N–H and O–H groups in total. The number of non-ortho nitro benzene ring substituents is 1. The van der Waals surface area contributed by atoms with Crippen LogP contribution >= 0.6 is 11.6 Å². The number of carbonyl (C=O) groups excluding carboxylic acids is 2. The summed E-state index contributed by atoms with van der Waals surface area (Å²) in [6, 6.07) is 23.0. The molecule has 36 heavy (non-hydrogen) atoms. The fourth-order valence-electron chi connectivity index (χ4n) is 4.82. The normalized spacial score (nSPS) is 21.3. The minimum atomic E-state index is -1.10. The average Bonchev–Trinajstić information content (AvgIpc) is 3.40. The number of nitro groups is 1. The van der Waals surface area contributed by atoms with Gasteiger partial charge in [-0.1, -0.05) is 48.0 Å². The lowest BCUT2D eigenvalue weighted by Gasteiger charge is -2.29. The largest absolute Gasteiger partial charge is 0.273 e. The van der Waals surface area contributed by atoms with Crippen molar-refractivity contribution in [3.63, 3.8) is 0 Å². The van der Waals surface area contributed by atoms with Crippen LogP contribution in [0, 0.1) is 16.0 Å². The lowest BCUT2D eigenvalue weighted by atomic mass is 9.90. The number of nitro benzene ring substituents is 1. The third kappa shape index (κ3) is 3.40. The summed E-state index contributed by atoms with van der Waals surface area (Å²) in [6.07, 6.45) is -1.10. The molecule has 2 saturated heterocycles. The lowest BCUT2D eigenvalue weighted by Crippen LogP contribution is -2.37. The Labute approximate surface area is 209 Å². The zero-order valence-electron chi connectivity index (χ0n) is 18.5. The molecule has 3 aromatic carbocycles. The molecule has 10 heteroatoms. The summed E-state index contributed by atoms with van der Waals surface area (Å²) in [7, 11) is 0. The van der Waals surface area contributed by atoms with Gasteiger partial charge < -0.3 is 0 Å². The number of hydrogen-bond acceptors (Lipinski definition) is 7. The summed E-state index contributed by atoms with van der Waals surface area (Å²) in [5.74, 6) is -1.94. The molecule has 0 unspecified atom stereocenters. The molecule has 0 saturated carbocycles. The molecule has 6 rings (SSSR count). The van der Waals surface area contributed by atoms with Crippen molar-refractivity contribution in [1.82, 2.24) is 4.98 Å². The summed E-state index contributed by atoms with van der Waals surface area (Å²) in [6.45, 7) is 0. The molecule has 1 aromatic heterocycles. The van der Waals surface area contributed by atoms with Gasteiger partial charge in [-0.05, 0) is 36.4 Å². The van der Waals surface area contributed by atoms with Gasteiger partial charge in [0.25, 0.3) is 11.6 Å². The number of hydrogen-bond donors (Lipinski definition) is 0. The van der Waals surface area contributed by atoms with Crippen LogP contribution in [0.15, 0.2) is 84.9 Å². The Balaban J connectivity index is 1.46. The number of carbonyl (C=O) groups is 2. The van der Waals surface area contributed by atoms with Crippen LogP contribution in [0.5, 0.6) is 0 Å². The Bertz CT molecular complexity index is 1530. The molecular weight excluding hydrogens is 484 g/mol. The first-order valence-corrected chi connectivity index (χ1v) is 11.5. The minimum Gasteiger partial charge on any atom is -0.273 e. The smallest absolute Gasteiger partial charge is 0.269 e. The van der Waals surface area contributed by atoms with E-state index in [4.69, 9.17) is 16.4 Å². The highest BCUT2D eigenvalue weighted by Crippen LogP contribution is 2.49. The van der Waals surface area contributed by atoms with E-state index in [1.165, 1.54) is 24.3 Å². The number of imide groups is 1. The molecule has 2 aliphatic heterocycles. The molecule has 0 aliphatic carbocycles. The van der Waals surface area contributed by atoms with Crippen molar-refractivity contribution in [3.05, 3.63) is 106 Å². The molecule has 4 aromatic rings. The summed E-state index contributed by atoms with van der Waals surface area (Å²) in [5.41, 5.74) is 2.01. The zero-order valence-corrected chi connectivity index (χ0v) is 19.3. The van der Waals surface area contributed by atoms with E-state index >= 15 is 0 Å². The minimum absolute atomic E-state index is 0.142. The molecule has 0 bridgehead atoms. The molecule has 9 nitrogen and oxygen atoms in total. The summed E-state index contributed by atoms with van der Waals surface area (Å²) in [5, 5.41) is 13.6. The molecule has 178 valence electrons. The summed E-state index contributed by atoms with van der Waals surface area (Å²) >= 11 is 6.64. The number of nitrogens with zero attached hydrogens (tertiary/aromatic N) is 4. The van der Waals surface area contributed by atoms with Crippen LogP contribution < -0.4 is 9.96 Å². The molecule has 0 spiro atoms. The lowest BCUT2D eigenvalue weighted by molar-refractivity contribution is -0.384. The van der Waals surface area contributed by atoms with Crippen molar-refractivity contribution in [2.75, 3.05) is 9.96 Å². The Kier molecular flexibility index (Phi) is 5.17. The number of anilines is 2.